The Balaban J connectivity index is 2.20. The molecule has 21 heavy (non-hydrogen) atoms. The van der Waals surface area contributed by atoms with Gasteiger partial charge in [-0.25, -0.2) is 9.55 Å². The lowest BCUT2D eigenvalue weighted by atomic mass is 10.3. The zero-order valence-corrected chi connectivity index (χ0v) is 13.0. The smallest absolute Gasteiger partial charge is 0.339 e. The van der Waals surface area contributed by atoms with Gasteiger partial charge in [-0.2, -0.15) is 4.40 Å². The molecular formula is C13H10Cl2N3O2S+. The average molecular weight is 343 g/mol. The minimum Gasteiger partial charge on any atom is -0.474 e. The molecule has 0 saturated carbocycles. The molecule has 3 aromatic heterocycles. The molecule has 0 saturated heterocycles. The van der Waals surface area contributed by atoms with Gasteiger partial charge in [0.25, 0.3) is 11.3 Å². The van der Waals surface area contributed by atoms with Crippen molar-refractivity contribution in [3.8, 4) is 5.88 Å². The first kappa shape index (κ1) is 14.3. The summed E-state index contributed by atoms with van der Waals surface area (Å²) in [5.74, 6) is -0.659. The summed E-state index contributed by atoms with van der Waals surface area (Å²) in [6, 6.07) is 5.42. The van der Waals surface area contributed by atoms with Gasteiger partial charge in [0.1, 0.15) is 6.54 Å². The van der Waals surface area contributed by atoms with Crippen LogP contribution in [0.5, 0.6) is 5.88 Å². The molecule has 0 aliphatic heterocycles. The maximum atomic E-state index is 12.1. The summed E-state index contributed by atoms with van der Waals surface area (Å²) in [5.41, 5.74) is 0.869. The predicted molar refractivity (Wildman–Crippen MR) is 80.5 cm³/mol. The number of carbonyl (C=O) groups excluding carboxylic acids is 1. The number of halogens is 2. The third-order valence-electron chi connectivity index (χ3n) is 3.05. The summed E-state index contributed by atoms with van der Waals surface area (Å²) >= 11 is 12.8. The number of nitrogens with zero attached hydrogens (tertiary/aromatic N) is 3. The molecule has 0 fully saturated rings. The van der Waals surface area contributed by atoms with E-state index in [1.54, 1.807) is 27.4 Å². The van der Waals surface area contributed by atoms with Crippen molar-refractivity contribution in [2.75, 3.05) is 5.88 Å². The second kappa shape index (κ2) is 5.63. The minimum absolute atomic E-state index is 0.119. The highest BCUT2D eigenvalue weighted by molar-refractivity contribution is 7.15. The number of fused-ring (bicyclic) bond motifs is 1. The molecule has 0 radical (unpaired) electrons. The fourth-order valence-corrected chi connectivity index (χ4v) is 3.29. The molecule has 3 rings (SSSR count). The van der Waals surface area contributed by atoms with E-state index in [0.717, 1.165) is 4.88 Å². The second-order valence-electron chi connectivity index (χ2n) is 4.32. The molecule has 5 nitrogen and oxygen atoms in total. The van der Waals surface area contributed by atoms with Crippen LogP contribution in [0.15, 0.2) is 30.6 Å². The van der Waals surface area contributed by atoms with Crippen LogP contribution in [0.3, 0.4) is 0 Å². The van der Waals surface area contributed by atoms with E-state index in [1.807, 2.05) is 12.1 Å². The van der Waals surface area contributed by atoms with Gasteiger partial charge in [-0.3, -0.25) is 4.79 Å². The molecule has 0 bridgehead atoms. The quantitative estimate of drug-likeness (QED) is 0.450. The van der Waals surface area contributed by atoms with Crippen molar-refractivity contribution in [3.05, 3.63) is 45.6 Å². The zero-order chi connectivity index (χ0) is 15.0. The van der Waals surface area contributed by atoms with Crippen molar-refractivity contribution in [1.82, 2.24) is 9.55 Å². The number of hydrogen-bond donors (Lipinski definition) is 1. The zero-order valence-electron chi connectivity index (χ0n) is 10.7. The molecule has 0 unspecified atom stereocenters. The van der Waals surface area contributed by atoms with Crippen LogP contribution in [-0.4, -0.2) is 26.3 Å². The van der Waals surface area contributed by atoms with Gasteiger partial charge in [-0.05, 0) is 6.07 Å². The maximum Gasteiger partial charge on any atom is 0.339 e. The second-order valence-corrected chi connectivity index (χ2v) is 6.29. The van der Waals surface area contributed by atoms with Crippen molar-refractivity contribution < 1.29 is 14.3 Å². The van der Waals surface area contributed by atoms with Gasteiger partial charge in [0.15, 0.2) is 4.47 Å². The lowest BCUT2D eigenvalue weighted by Gasteiger charge is -1.98. The third-order valence-corrected chi connectivity index (χ3v) is 4.39. The number of pyridine rings is 1. The first-order valence-electron chi connectivity index (χ1n) is 6.03. The van der Waals surface area contributed by atoms with Crippen molar-refractivity contribution in [1.29, 1.82) is 0 Å². The van der Waals surface area contributed by atoms with E-state index in [2.05, 4.69) is 4.98 Å². The van der Waals surface area contributed by atoms with Crippen molar-refractivity contribution in [2.24, 2.45) is 0 Å². The maximum absolute atomic E-state index is 12.1. The molecular weight excluding hydrogens is 333 g/mol. The molecule has 1 N–H and O–H groups in total. The number of alkyl halides is 1. The van der Waals surface area contributed by atoms with E-state index in [0.29, 0.717) is 16.7 Å². The van der Waals surface area contributed by atoms with Gasteiger partial charge in [0.05, 0.1) is 17.0 Å². The number of carbonyl (C=O) groups is 1. The Labute approximate surface area is 134 Å². The summed E-state index contributed by atoms with van der Waals surface area (Å²) in [4.78, 5) is 16.9. The number of ketones is 1. The molecule has 3 aromatic rings. The number of thiazole rings is 1. The van der Waals surface area contributed by atoms with E-state index < -0.39 is 0 Å². The average Bonchev–Trinajstić information content (AvgIpc) is 3.02. The van der Waals surface area contributed by atoms with Gasteiger partial charge in [-0.15, -0.1) is 22.9 Å². The van der Waals surface area contributed by atoms with Gasteiger partial charge in [0, 0.05) is 12.3 Å². The SMILES string of the molecule is O=C(CCl)c1c(O)[n+]2ccccc2n1Cc1cnc(Cl)s1. The number of hydrogen-bond acceptors (Lipinski definition) is 4. The summed E-state index contributed by atoms with van der Waals surface area (Å²) in [6.45, 7) is 0.385. The number of Topliss-reactive ketones (excluding diaryl/α,β-unsaturated/α-hetero) is 1. The molecule has 0 spiro atoms. The Morgan fingerprint density at radius 1 is 1.48 bits per heavy atom. The Morgan fingerprint density at radius 2 is 2.29 bits per heavy atom. The standard InChI is InChI=1S/C13H9Cl2N3O2S/c14-5-9(19)11-12(20)17-4-2-1-3-10(17)18(11)7-8-6-16-13(15)21-8/h1-4,6H,5,7H2/p+1. The molecule has 108 valence electrons. The number of aromatic hydroxyl groups is 1. The van der Waals surface area contributed by atoms with Crippen LogP contribution >= 0.6 is 34.5 Å². The third kappa shape index (κ3) is 2.50. The first-order chi connectivity index (χ1) is 10.1. The van der Waals surface area contributed by atoms with Crippen molar-refractivity contribution in [2.45, 2.75) is 6.54 Å². The Bertz CT molecular complexity index is 828. The van der Waals surface area contributed by atoms with Gasteiger partial charge in [0.2, 0.25) is 5.78 Å². The summed E-state index contributed by atoms with van der Waals surface area (Å²) in [6.07, 6.45) is 3.34. The van der Waals surface area contributed by atoms with Crippen LogP contribution in [0.2, 0.25) is 4.47 Å². The van der Waals surface area contributed by atoms with Gasteiger partial charge in [-0.1, -0.05) is 17.7 Å². The minimum atomic E-state index is -0.339. The van der Waals surface area contributed by atoms with Gasteiger partial charge < -0.3 is 5.11 Å². The van der Waals surface area contributed by atoms with Crippen molar-refractivity contribution in [3.63, 3.8) is 0 Å². The van der Waals surface area contributed by atoms with Crippen LogP contribution in [-0.2, 0) is 6.54 Å². The van der Waals surface area contributed by atoms with E-state index >= 15 is 0 Å². The topological polar surface area (TPSA) is 59.2 Å². The fraction of sp³-hybridized carbons (Fsp3) is 0.154. The summed E-state index contributed by atoms with van der Waals surface area (Å²) in [5, 5.41) is 10.3. The van der Waals surface area contributed by atoms with E-state index in [9.17, 15) is 9.90 Å². The highest BCUT2D eigenvalue weighted by Gasteiger charge is 2.30. The largest absolute Gasteiger partial charge is 0.474 e. The van der Waals surface area contributed by atoms with Crippen molar-refractivity contribution >= 4 is 46.0 Å². The molecule has 8 heteroatoms. The summed E-state index contributed by atoms with van der Waals surface area (Å²) < 4.78 is 3.69. The summed E-state index contributed by atoms with van der Waals surface area (Å²) in [7, 11) is 0. The van der Waals surface area contributed by atoms with E-state index in [1.165, 1.54) is 11.3 Å². The lowest BCUT2D eigenvalue weighted by Crippen LogP contribution is -2.19. The number of imidazole rings is 1. The van der Waals surface area contributed by atoms with Crippen LogP contribution in [0.25, 0.3) is 5.65 Å². The number of rotatable bonds is 4. The normalized spacial score (nSPS) is 11.1. The van der Waals surface area contributed by atoms with Crippen LogP contribution in [0.1, 0.15) is 15.4 Å². The van der Waals surface area contributed by atoms with Crippen LogP contribution < -0.4 is 4.40 Å². The predicted octanol–water partition coefficient (Wildman–Crippen LogP) is 2.51. The molecule has 0 aromatic carbocycles. The monoisotopic (exact) mass is 342 g/mol. The fourth-order valence-electron chi connectivity index (χ4n) is 2.19. The molecule has 0 amide bonds. The van der Waals surface area contributed by atoms with Crippen LogP contribution in [0.4, 0.5) is 0 Å². The highest BCUT2D eigenvalue weighted by atomic mass is 35.5. The number of aromatic nitrogens is 3. The Kier molecular flexibility index (Phi) is 3.84. The lowest BCUT2D eigenvalue weighted by molar-refractivity contribution is -0.521. The molecule has 0 aliphatic carbocycles. The van der Waals surface area contributed by atoms with E-state index in [4.69, 9.17) is 23.2 Å². The molecule has 3 heterocycles. The Hall–Kier alpha value is -1.63. The van der Waals surface area contributed by atoms with E-state index in [-0.39, 0.29) is 23.2 Å². The van der Waals surface area contributed by atoms with Gasteiger partial charge >= 0.3 is 5.88 Å². The molecule has 0 aliphatic rings. The van der Waals surface area contributed by atoms with Crippen LogP contribution in [0, 0.1) is 0 Å². The Morgan fingerprint density at radius 3 is 2.95 bits per heavy atom. The highest BCUT2D eigenvalue weighted by Crippen LogP contribution is 2.23. The first-order valence-corrected chi connectivity index (χ1v) is 7.76. The molecule has 0 atom stereocenters.